The van der Waals surface area contributed by atoms with Crippen molar-refractivity contribution in [3.63, 3.8) is 0 Å². The van der Waals surface area contributed by atoms with Gasteiger partial charge < -0.3 is 14.8 Å². The third kappa shape index (κ3) is 4.54. The summed E-state index contributed by atoms with van der Waals surface area (Å²) in [5.74, 6) is -1.47. The van der Waals surface area contributed by atoms with Gasteiger partial charge in [0.2, 0.25) is 0 Å². The molecule has 0 aliphatic heterocycles. The van der Waals surface area contributed by atoms with E-state index in [0.717, 1.165) is 22.6 Å². The van der Waals surface area contributed by atoms with Gasteiger partial charge in [-0.25, -0.2) is 9.78 Å². The van der Waals surface area contributed by atoms with Gasteiger partial charge in [0.25, 0.3) is 9.70 Å². The Morgan fingerprint density at radius 2 is 2.04 bits per heavy atom. The fourth-order valence-electron chi connectivity index (χ4n) is 2.23. The molecular weight excluding hydrogens is 411 g/mol. The van der Waals surface area contributed by atoms with Crippen molar-refractivity contribution in [1.29, 1.82) is 0 Å². The minimum Gasteiger partial charge on any atom is -0.462 e. The number of carbonyl (C=O) groups excluding carboxylic acids is 2. The first-order valence-electron chi connectivity index (χ1n) is 7.16. The zero-order valence-corrected chi connectivity index (χ0v) is 16.7. The van der Waals surface area contributed by atoms with Crippen LogP contribution in [0.5, 0.6) is 0 Å². The van der Waals surface area contributed by atoms with Gasteiger partial charge in [-0.2, -0.15) is 0 Å². The highest BCUT2D eigenvalue weighted by Gasteiger charge is 2.33. The number of anilines is 1. The molecule has 0 saturated carbocycles. The van der Waals surface area contributed by atoms with Crippen LogP contribution < -0.4 is 5.32 Å². The Kier molecular flexibility index (Phi) is 6.51. The molecule has 10 heteroatoms. The maximum atomic E-state index is 12.3. The molecule has 0 bridgehead atoms. The molecule has 0 fully saturated rings. The number of rotatable bonds is 5. The molecule has 2 rings (SSSR count). The number of nitrogens with one attached hydrogen (secondary N) is 1. The van der Waals surface area contributed by atoms with E-state index in [1.54, 1.807) is 20.1 Å². The molecule has 0 aliphatic rings. The molecule has 2 aromatic heterocycles. The number of fused-ring (bicyclic) bond motifs is 1. The minimum absolute atomic E-state index is 0.176. The Balaban J connectivity index is 2.69. The van der Waals surface area contributed by atoms with E-state index < -0.39 is 15.7 Å². The third-order valence-corrected chi connectivity index (χ3v) is 4.71. The summed E-state index contributed by atoms with van der Waals surface area (Å²) >= 11 is 18.0. The largest absolute Gasteiger partial charge is 0.462 e. The summed E-state index contributed by atoms with van der Waals surface area (Å²) in [4.78, 5) is 29.6. The lowest BCUT2D eigenvalue weighted by atomic mass is 10.1. The third-order valence-electron chi connectivity index (χ3n) is 3.13. The molecule has 0 radical (unpaired) electrons. The van der Waals surface area contributed by atoms with Gasteiger partial charge in [-0.3, -0.25) is 4.79 Å². The molecule has 0 saturated heterocycles. The quantitative estimate of drug-likeness (QED) is 0.573. The predicted octanol–water partition coefficient (Wildman–Crippen LogP) is 4.24. The highest BCUT2D eigenvalue weighted by molar-refractivity contribution is 7.21. The summed E-state index contributed by atoms with van der Waals surface area (Å²) < 4.78 is 8.08. The predicted molar refractivity (Wildman–Crippen MR) is 99.9 cm³/mol. The van der Waals surface area contributed by atoms with Gasteiger partial charge >= 0.3 is 5.97 Å². The minimum atomic E-state index is -2.18. The summed E-state index contributed by atoms with van der Waals surface area (Å²) in [6, 6.07) is 1.80. The summed E-state index contributed by atoms with van der Waals surface area (Å²) in [5.41, 5.74) is 1.70. The molecule has 1 amide bonds. The zero-order chi connectivity index (χ0) is 18.8. The maximum absolute atomic E-state index is 12.3. The van der Waals surface area contributed by atoms with Crippen LogP contribution in [0.25, 0.3) is 10.2 Å². The fraction of sp³-hybridized carbons (Fsp3) is 0.400. The van der Waals surface area contributed by atoms with E-state index in [1.165, 1.54) is 0 Å². The number of methoxy groups -OCH3 is 1. The molecule has 0 aromatic carbocycles. The van der Waals surface area contributed by atoms with Crippen molar-refractivity contribution in [2.75, 3.05) is 19.0 Å². The average molecular weight is 426 g/mol. The van der Waals surface area contributed by atoms with Crippen LogP contribution in [0, 0.1) is 6.92 Å². The number of aromatic nitrogens is 1. The topological polar surface area (TPSA) is 77.5 Å². The van der Waals surface area contributed by atoms with Crippen LogP contribution in [0.4, 0.5) is 5.69 Å². The van der Waals surface area contributed by atoms with Crippen molar-refractivity contribution in [3.05, 3.63) is 22.2 Å². The van der Waals surface area contributed by atoms with Gasteiger partial charge in [0.05, 0.1) is 18.9 Å². The summed E-state index contributed by atoms with van der Waals surface area (Å²) in [5, 5.41) is 3.07. The lowest BCUT2D eigenvalue weighted by Gasteiger charge is -2.13. The van der Waals surface area contributed by atoms with Crippen molar-refractivity contribution in [1.82, 2.24) is 4.98 Å². The number of alkyl halides is 3. The number of halogens is 3. The van der Waals surface area contributed by atoms with E-state index in [-0.39, 0.29) is 23.8 Å². The molecular formula is C15H15Cl3N2O4S. The number of nitrogens with zero attached hydrogens (tertiary/aromatic N) is 1. The van der Waals surface area contributed by atoms with Crippen LogP contribution in [0.2, 0.25) is 0 Å². The summed E-state index contributed by atoms with van der Waals surface area (Å²) in [7, 11) is 1.54. The number of carbonyl (C=O) groups is 2. The monoisotopic (exact) mass is 424 g/mol. The standard InChI is InChI=1S/C15H15Cl3N2O4S/c1-4-24-13(21)11-10(20-14(22)15(16,17)18)9-8(6-23-3)5-7(2)19-12(9)25-11/h5H,4,6H2,1-3H3,(H,20,22). The summed E-state index contributed by atoms with van der Waals surface area (Å²) in [6.45, 7) is 3.95. The average Bonchev–Trinajstić information content (AvgIpc) is 2.85. The fourth-order valence-corrected chi connectivity index (χ4v) is 3.48. The normalized spacial score (nSPS) is 11.6. The molecule has 6 nitrogen and oxygen atoms in total. The number of hydrogen-bond donors (Lipinski definition) is 1. The van der Waals surface area contributed by atoms with Crippen LogP contribution in [-0.4, -0.2) is 34.4 Å². The van der Waals surface area contributed by atoms with Gasteiger partial charge in [0.1, 0.15) is 9.71 Å². The first-order valence-corrected chi connectivity index (χ1v) is 9.11. The molecule has 0 aliphatic carbocycles. The van der Waals surface area contributed by atoms with Gasteiger partial charge in [-0.15, -0.1) is 11.3 Å². The number of thiophene rings is 1. The van der Waals surface area contributed by atoms with Crippen molar-refractivity contribution in [2.24, 2.45) is 0 Å². The lowest BCUT2D eigenvalue weighted by molar-refractivity contribution is -0.115. The second-order valence-corrected chi connectivity index (χ2v) is 8.29. The molecule has 2 aromatic rings. The van der Waals surface area contributed by atoms with Gasteiger partial charge in [0, 0.05) is 18.2 Å². The number of hydrogen-bond acceptors (Lipinski definition) is 6. The SMILES string of the molecule is CCOC(=O)c1sc2nc(C)cc(COC)c2c1NC(=O)C(Cl)(Cl)Cl. The van der Waals surface area contributed by atoms with E-state index in [2.05, 4.69) is 10.3 Å². The highest BCUT2D eigenvalue weighted by Crippen LogP contribution is 2.39. The first kappa shape index (κ1) is 20.2. The zero-order valence-electron chi connectivity index (χ0n) is 13.6. The number of ether oxygens (including phenoxy) is 2. The number of aryl methyl sites for hydroxylation is 1. The number of pyridine rings is 1. The molecule has 0 atom stereocenters. The number of amides is 1. The molecule has 0 unspecified atom stereocenters. The Hall–Kier alpha value is -1.12. The van der Waals surface area contributed by atoms with Crippen molar-refractivity contribution in [2.45, 2.75) is 24.2 Å². The van der Waals surface area contributed by atoms with E-state index in [1.807, 2.05) is 6.92 Å². The van der Waals surface area contributed by atoms with E-state index in [9.17, 15) is 9.59 Å². The van der Waals surface area contributed by atoms with Crippen LogP contribution >= 0.6 is 46.1 Å². The second-order valence-electron chi connectivity index (χ2n) is 5.01. The number of esters is 1. The summed E-state index contributed by atoms with van der Waals surface area (Å²) in [6.07, 6.45) is 0. The molecule has 2 heterocycles. The molecule has 136 valence electrons. The maximum Gasteiger partial charge on any atom is 0.350 e. The van der Waals surface area contributed by atoms with Gasteiger partial charge in [-0.05, 0) is 25.5 Å². The van der Waals surface area contributed by atoms with Gasteiger partial charge in [0.15, 0.2) is 0 Å². The van der Waals surface area contributed by atoms with Crippen LogP contribution in [0.15, 0.2) is 6.07 Å². The van der Waals surface area contributed by atoms with Crippen molar-refractivity contribution < 1.29 is 19.1 Å². The Morgan fingerprint density at radius 3 is 2.60 bits per heavy atom. The van der Waals surface area contributed by atoms with E-state index in [0.29, 0.717) is 10.2 Å². The molecule has 1 N–H and O–H groups in total. The second kappa shape index (κ2) is 8.05. The van der Waals surface area contributed by atoms with Crippen molar-refractivity contribution in [3.8, 4) is 0 Å². The molecule has 0 spiro atoms. The van der Waals surface area contributed by atoms with Crippen LogP contribution in [-0.2, 0) is 20.9 Å². The van der Waals surface area contributed by atoms with Crippen LogP contribution in [0.3, 0.4) is 0 Å². The Bertz CT molecular complexity index is 817. The smallest absolute Gasteiger partial charge is 0.350 e. The van der Waals surface area contributed by atoms with Crippen LogP contribution in [0.1, 0.15) is 27.9 Å². The van der Waals surface area contributed by atoms with Gasteiger partial charge in [-0.1, -0.05) is 34.8 Å². The van der Waals surface area contributed by atoms with Crippen molar-refractivity contribution >= 4 is 73.9 Å². The molecule has 25 heavy (non-hydrogen) atoms. The Labute approximate surface area is 163 Å². The lowest BCUT2D eigenvalue weighted by Crippen LogP contribution is -2.27. The highest BCUT2D eigenvalue weighted by atomic mass is 35.6. The Morgan fingerprint density at radius 1 is 1.36 bits per heavy atom. The van der Waals surface area contributed by atoms with E-state index in [4.69, 9.17) is 44.3 Å². The van der Waals surface area contributed by atoms with E-state index >= 15 is 0 Å². The first-order chi connectivity index (χ1) is 11.7.